The standard InChI is InChI=1S/C41H30N2.C4H8.C2H6/c1-3-9-36-28(4-2)17-23-40-41(36)37-27-33(18-22-39(37)43(40)35-21-16-29-10-5-6-12-32(29)26-35)30-14-19-34(20-15-30)42-25-24-31-11-7-8-13-38(31)42;1-3-4-2;1-2/h3-27H,2H2,1H3;3-4H,1-2H3;1-2H3/b9-3-;4-3-;. The highest BCUT2D eigenvalue weighted by atomic mass is 15.0. The number of nitrogens with zero attached hydrogens (tertiary/aromatic N) is 2. The van der Waals surface area contributed by atoms with Gasteiger partial charge in [0.25, 0.3) is 0 Å². The third kappa shape index (κ3) is 6.26. The lowest BCUT2D eigenvalue weighted by atomic mass is 9.97. The van der Waals surface area contributed by atoms with Crippen LogP contribution in [0.1, 0.15) is 45.7 Å². The van der Waals surface area contributed by atoms with Crippen LogP contribution in [0.5, 0.6) is 0 Å². The first-order valence-corrected chi connectivity index (χ1v) is 17.2. The number of hydrogen-bond acceptors (Lipinski definition) is 0. The molecule has 0 amide bonds. The third-order valence-electron chi connectivity index (χ3n) is 8.96. The molecule has 0 spiro atoms. The Bertz CT molecular complexity index is 2440. The molecule has 0 aliphatic rings. The minimum absolute atomic E-state index is 1.14. The van der Waals surface area contributed by atoms with E-state index in [4.69, 9.17) is 0 Å². The molecule has 0 radical (unpaired) electrons. The maximum atomic E-state index is 4.13. The zero-order valence-corrected chi connectivity index (χ0v) is 29.2. The summed E-state index contributed by atoms with van der Waals surface area (Å²) in [6.07, 6.45) is 12.4. The van der Waals surface area contributed by atoms with Crippen molar-refractivity contribution in [2.24, 2.45) is 0 Å². The van der Waals surface area contributed by atoms with Crippen molar-refractivity contribution in [1.29, 1.82) is 0 Å². The number of rotatable bonds is 5. The number of fused-ring (bicyclic) bond motifs is 5. The van der Waals surface area contributed by atoms with E-state index in [2.05, 4.69) is 168 Å². The molecule has 0 unspecified atom stereocenters. The van der Waals surface area contributed by atoms with E-state index in [1.54, 1.807) is 0 Å². The van der Waals surface area contributed by atoms with Crippen LogP contribution >= 0.6 is 0 Å². The second kappa shape index (κ2) is 14.9. The van der Waals surface area contributed by atoms with Gasteiger partial charge in [-0.05, 0) is 114 Å². The molecule has 0 aliphatic heterocycles. The summed E-state index contributed by atoms with van der Waals surface area (Å²) in [5, 5.41) is 6.21. The number of para-hydroxylation sites is 1. The molecular weight excluding hydrogens is 593 g/mol. The van der Waals surface area contributed by atoms with Crippen molar-refractivity contribution in [2.45, 2.75) is 34.6 Å². The van der Waals surface area contributed by atoms with E-state index in [9.17, 15) is 0 Å². The molecule has 2 heteroatoms. The van der Waals surface area contributed by atoms with Crippen LogP contribution in [0.4, 0.5) is 0 Å². The van der Waals surface area contributed by atoms with Crippen LogP contribution in [0.3, 0.4) is 0 Å². The normalized spacial score (nSPS) is 11.3. The Morgan fingerprint density at radius 2 is 1.18 bits per heavy atom. The van der Waals surface area contributed by atoms with Gasteiger partial charge in [0.2, 0.25) is 0 Å². The smallest absolute Gasteiger partial charge is 0.0547 e. The van der Waals surface area contributed by atoms with Crippen LogP contribution in [-0.4, -0.2) is 9.13 Å². The average Bonchev–Trinajstić information content (AvgIpc) is 3.75. The molecule has 0 aliphatic carbocycles. The van der Waals surface area contributed by atoms with Crippen molar-refractivity contribution < 1.29 is 0 Å². The van der Waals surface area contributed by atoms with E-state index in [1.807, 2.05) is 45.9 Å². The summed E-state index contributed by atoms with van der Waals surface area (Å²) >= 11 is 0. The lowest BCUT2D eigenvalue weighted by Crippen LogP contribution is -1.94. The Labute approximate surface area is 290 Å². The van der Waals surface area contributed by atoms with Gasteiger partial charge in [-0.2, -0.15) is 0 Å². The molecule has 0 fully saturated rings. The Balaban J connectivity index is 0.000000650. The highest BCUT2D eigenvalue weighted by molar-refractivity contribution is 6.15. The van der Waals surface area contributed by atoms with E-state index in [0.717, 1.165) is 16.9 Å². The van der Waals surface area contributed by atoms with Gasteiger partial charge in [0.05, 0.1) is 16.6 Å². The van der Waals surface area contributed by atoms with Gasteiger partial charge in [-0.1, -0.05) is 124 Å². The van der Waals surface area contributed by atoms with E-state index < -0.39 is 0 Å². The summed E-state index contributed by atoms with van der Waals surface area (Å²) in [4.78, 5) is 0. The van der Waals surface area contributed by atoms with Crippen molar-refractivity contribution in [3.8, 4) is 22.5 Å². The molecule has 0 N–H and O–H groups in total. The predicted molar refractivity (Wildman–Crippen MR) is 217 cm³/mol. The Kier molecular flexibility index (Phi) is 10.1. The minimum Gasteiger partial charge on any atom is -0.317 e. The fraction of sp³-hybridized carbons (Fsp3) is 0.106. The second-order valence-corrected chi connectivity index (χ2v) is 11.7. The molecule has 8 rings (SSSR count). The summed E-state index contributed by atoms with van der Waals surface area (Å²) in [5.41, 5.74) is 10.6. The van der Waals surface area contributed by atoms with E-state index >= 15 is 0 Å². The number of allylic oxidation sites excluding steroid dienone is 3. The largest absolute Gasteiger partial charge is 0.317 e. The van der Waals surface area contributed by atoms with Crippen molar-refractivity contribution in [3.63, 3.8) is 0 Å². The van der Waals surface area contributed by atoms with Crippen molar-refractivity contribution >= 4 is 55.6 Å². The fourth-order valence-electron chi connectivity index (χ4n) is 6.57. The molecule has 2 heterocycles. The summed E-state index contributed by atoms with van der Waals surface area (Å²) in [6.45, 7) is 14.2. The average molecular weight is 637 g/mol. The lowest BCUT2D eigenvalue weighted by molar-refractivity contribution is 1.13. The second-order valence-electron chi connectivity index (χ2n) is 11.7. The first kappa shape index (κ1) is 33.1. The fourth-order valence-corrected chi connectivity index (χ4v) is 6.57. The van der Waals surface area contributed by atoms with E-state index in [1.165, 1.54) is 60.2 Å². The molecule has 2 nitrogen and oxygen atoms in total. The van der Waals surface area contributed by atoms with Crippen molar-refractivity contribution in [2.75, 3.05) is 0 Å². The number of aromatic nitrogens is 2. The van der Waals surface area contributed by atoms with E-state index in [0.29, 0.717) is 0 Å². The summed E-state index contributed by atoms with van der Waals surface area (Å²) in [5.74, 6) is 0. The molecule has 6 aromatic carbocycles. The maximum absolute atomic E-state index is 4.13. The van der Waals surface area contributed by atoms with Crippen LogP contribution < -0.4 is 0 Å². The SMILES string of the molecule is C/C=C\C.C=Cc1ccc2c(c1/C=C\C)c1cc(-c3ccc(-n4ccc5ccccc54)cc3)ccc1n2-c1ccc2ccccc2c1.CC. The summed E-state index contributed by atoms with van der Waals surface area (Å²) in [7, 11) is 0. The van der Waals surface area contributed by atoms with Gasteiger partial charge in [0.1, 0.15) is 0 Å². The quantitative estimate of drug-likeness (QED) is 0.166. The summed E-state index contributed by atoms with van der Waals surface area (Å²) < 4.78 is 4.65. The zero-order chi connectivity index (χ0) is 34.3. The lowest BCUT2D eigenvalue weighted by Gasteiger charge is -2.11. The van der Waals surface area contributed by atoms with Crippen molar-refractivity contribution in [1.82, 2.24) is 9.13 Å². The molecule has 2 aromatic heterocycles. The Hall–Kier alpha value is -5.86. The molecule has 49 heavy (non-hydrogen) atoms. The van der Waals surface area contributed by atoms with Gasteiger partial charge in [-0.15, -0.1) is 0 Å². The summed E-state index contributed by atoms with van der Waals surface area (Å²) in [6, 6.07) is 46.2. The zero-order valence-electron chi connectivity index (χ0n) is 29.2. The van der Waals surface area contributed by atoms with Gasteiger partial charge < -0.3 is 9.13 Å². The monoisotopic (exact) mass is 636 g/mol. The topological polar surface area (TPSA) is 9.86 Å². The Morgan fingerprint density at radius 1 is 0.531 bits per heavy atom. The highest BCUT2D eigenvalue weighted by Gasteiger charge is 2.17. The third-order valence-corrected chi connectivity index (χ3v) is 8.96. The van der Waals surface area contributed by atoms with Gasteiger partial charge >= 0.3 is 0 Å². The van der Waals surface area contributed by atoms with Crippen LogP contribution in [0.25, 0.3) is 78.1 Å². The van der Waals surface area contributed by atoms with Gasteiger partial charge in [-0.3, -0.25) is 0 Å². The molecule has 0 atom stereocenters. The highest BCUT2D eigenvalue weighted by Crippen LogP contribution is 2.39. The molecule has 242 valence electrons. The first-order valence-electron chi connectivity index (χ1n) is 17.2. The van der Waals surface area contributed by atoms with Gasteiger partial charge in [0.15, 0.2) is 0 Å². The van der Waals surface area contributed by atoms with Crippen LogP contribution in [-0.2, 0) is 0 Å². The van der Waals surface area contributed by atoms with Crippen LogP contribution in [0.2, 0.25) is 0 Å². The molecular formula is C47H44N2. The molecule has 8 aromatic rings. The van der Waals surface area contributed by atoms with Crippen LogP contribution in [0, 0.1) is 0 Å². The molecule has 0 saturated heterocycles. The number of hydrogen-bond donors (Lipinski definition) is 0. The van der Waals surface area contributed by atoms with Crippen molar-refractivity contribution in [3.05, 3.63) is 170 Å². The molecule has 0 saturated carbocycles. The Morgan fingerprint density at radius 3 is 1.90 bits per heavy atom. The van der Waals surface area contributed by atoms with Gasteiger partial charge in [-0.25, -0.2) is 0 Å². The first-order chi connectivity index (χ1) is 24.1. The minimum atomic E-state index is 1.14. The van der Waals surface area contributed by atoms with E-state index in [-0.39, 0.29) is 0 Å². The maximum Gasteiger partial charge on any atom is 0.0547 e. The van der Waals surface area contributed by atoms with Crippen LogP contribution in [0.15, 0.2) is 158 Å². The van der Waals surface area contributed by atoms with Gasteiger partial charge in [0, 0.05) is 28.3 Å². The number of benzene rings is 6. The predicted octanol–water partition coefficient (Wildman–Crippen LogP) is 13.8. The molecule has 0 bridgehead atoms.